The van der Waals surface area contributed by atoms with Crippen LogP contribution in [0.5, 0.6) is 11.5 Å². The molecule has 0 heterocycles. The summed E-state index contributed by atoms with van der Waals surface area (Å²) in [5.74, 6) is -0.215. The van der Waals surface area contributed by atoms with Gasteiger partial charge < -0.3 is 19.9 Å². The predicted molar refractivity (Wildman–Crippen MR) is 97.7 cm³/mol. The Morgan fingerprint density at radius 2 is 1.73 bits per heavy atom. The lowest BCUT2D eigenvalue weighted by atomic mass is 10.1. The van der Waals surface area contributed by atoms with Crippen molar-refractivity contribution in [3.8, 4) is 11.5 Å². The summed E-state index contributed by atoms with van der Waals surface area (Å²) in [7, 11) is 0. The largest absolute Gasteiger partial charge is 0.491 e. The Morgan fingerprint density at radius 3 is 2.35 bits per heavy atom. The number of rotatable bonds is 8. The molecule has 0 bridgehead atoms. The Hall–Kier alpha value is -3.02. The van der Waals surface area contributed by atoms with E-state index in [9.17, 15) is 9.59 Å². The van der Waals surface area contributed by atoms with Gasteiger partial charge in [0.2, 0.25) is 0 Å². The topological polar surface area (TPSA) is 84.9 Å². The van der Waals surface area contributed by atoms with E-state index in [2.05, 4.69) is 5.32 Å². The molecule has 6 nitrogen and oxygen atoms in total. The Balaban J connectivity index is 2.00. The minimum Gasteiger partial charge on any atom is -0.491 e. The van der Waals surface area contributed by atoms with Crippen LogP contribution in [0.25, 0.3) is 0 Å². The van der Waals surface area contributed by atoms with Gasteiger partial charge in [0.05, 0.1) is 12.1 Å². The molecule has 26 heavy (non-hydrogen) atoms. The third-order valence-electron chi connectivity index (χ3n) is 3.56. The summed E-state index contributed by atoms with van der Waals surface area (Å²) >= 11 is 0. The first-order chi connectivity index (χ1) is 12.3. The van der Waals surface area contributed by atoms with Crippen LogP contribution in [0, 0.1) is 0 Å². The van der Waals surface area contributed by atoms with Crippen LogP contribution in [-0.4, -0.2) is 29.7 Å². The van der Waals surface area contributed by atoms with Crippen LogP contribution in [0.3, 0.4) is 0 Å². The summed E-state index contributed by atoms with van der Waals surface area (Å²) in [4.78, 5) is 23.0. The quantitative estimate of drug-likeness (QED) is 0.756. The van der Waals surface area contributed by atoms with Gasteiger partial charge in [0, 0.05) is 5.56 Å². The highest BCUT2D eigenvalue weighted by Gasteiger charge is 2.13. The summed E-state index contributed by atoms with van der Waals surface area (Å²) in [6.45, 7) is 5.36. The summed E-state index contributed by atoms with van der Waals surface area (Å²) in [6, 6.07) is 13.8. The van der Waals surface area contributed by atoms with Gasteiger partial charge >= 0.3 is 5.97 Å². The maximum Gasteiger partial charge on any atom is 0.341 e. The second kappa shape index (κ2) is 8.89. The molecule has 0 aliphatic carbocycles. The summed E-state index contributed by atoms with van der Waals surface area (Å²) in [5, 5.41) is 11.6. The molecule has 0 fully saturated rings. The van der Waals surface area contributed by atoms with Crippen LogP contribution < -0.4 is 14.8 Å². The second-order valence-electron chi connectivity index (χ2n) is 6.14. The van der Waals surface area contributed by atoms with Crippen LogP contribution in [0.1, 0.15) is 42.7 Å². The van der Waals surface area contributed by atoms with E-state index in [1.807, 2.05) is 45.0 Å². The number of nitrogens with one attached hydrogen (secondary N) is 1. The molecule has 0 spiro atoms. The average Bonchev–Trinajstić information content (AvgIpc) is 2.60. The van der Waals surface area contributed by atoms with Gasteiger partial charge in [0.25, 0.3) is 5.91 Å². The van der Waals surface area contributed by atoms with E-state index < -0.39 is 12.6 Å². The summed E-state index contributed by atoms with van der Waals surface area (Å²) in [5.41, 5.74) is 1.35. The van der Waals surface area contributed by atoms with Crippen molar-refractivity contribution in [2.45, 2.75) is 32.9 Å². The number of hydrogen-bond donors (Lipinski definition) is 2. The number of carboxylic acids is 1. The molecule has 2 N–H and O–H groups in total. The Kier molecular flexibility index (Phi) is 6.60. The molecule has 0 saturated carbocycles. The summed E-state index contributed by atoms with van der Waals surface area (Å²) in [6.07, 6.45) is 0.105. The molecular weight excluding hydrogens is 334 g/mol. The molecule has 2 rings (SSSR count). The molecule has 0 saturated heterocycles. The SMILES string of the molecule is CC(C)Oc1ccc(C(C)NC(=O)c2cccc(OCC(=O)O)c2)cc1. The van der Waals surface area contributed by atoms with Crippen molar-refractivity contribution < 1.29 is 24.2 Å². The highest BCUT2D eigenvalue weighted by atomic mass is 16.5. The lowest BCUT2D eigenvalue weighted by Crippen LogP contribution is -2.26. The van der Waals surface area contributed by atoms with Gasteiger partial charge in [0.1, 0.15) is 11.5 Å². The molecular formula is C20H23NO5. The van der Waals surface area contributed by atoms with Crippen molar-refractivity contribution in [3.63, 3.8) is 0 Å². The minimum atomic E-state index is -1.07. The molecule has 0 radical (unpaired) electrons. The minimum absolute atomic E-state index is 0.105. The zero-order valence-electron chi connectivity index (χ0n) is 15.1. The van der Waals surface area contributed by atoms with Crippen LogP contribution in [-0.2, 0) is 4.79 Å². The lowest BCUT2D eigenvalue weighted by molar-refractivity contribution is -0.139. The molecule has 138 valence electrons. The molecule has 6 heteroatoms. The molecule has 0 aromatic heterocycles. The van der Waals surface area contributed by atoms with Crippen molar-refractivity contribution in [2.75, 3.05) is 6.61 Å². The fourth-order valence-corrected chi connectivity index (χ4v) is 2.34. The molecule has 1 unspecified atom stereocenters. The number of carboxylic acid groups (broad SMARTS) is 1. The van der Waals surface area contributed by atoms with Gasteiger partial charge in [-0.15, -0.1) is 0 Å². The van der Waals surface area contributed by atoms with Crippen molar-refractivity contribution >= 4 is 11.9 Å². The zero-order chi connectivity index (χ0) is 19.1. The number of amides is 1. The van der Waals surface area contributed by atoms with Crippen LogP contribution in [0.4, 0.5) is 0 Å². The highest BCUT2D eigenvalue weighted by molar-refractivity contribution is 5.94. The van der Waals surface area contributed by atoms with Gasteiger partial charge in [0.15, 0.2) is 6.61 Å². The third-order valence-corrected chi connectivity index (χ3v) is 3.56. The number of benzene rings is 2. The number of aliphatic carboxylic acids is 1. The van der Waals surface area contributed by atoms with E-state index >= 15 is 0 Å². The molecule has 2 aromatic carbocycles. The summed E-state index contributed by atoms with van der Waals surface area (Å²) < 4.78 is 10.7. The van der Waals surface area contributed by atoms with Gasteiger partial charge in [-0.3, -0.25) is 4.79 Å². The van der Waals surface area contributed by atoms with Crippen molar-refractivity contribution in [1.29, 1.82) is 0 Å². The van der Waals surface area contributed by atoms with Crippen LogP contribution in [0.15, 0.2) is 48.5 Å². The molecule has 1 amide bonds. The van der Waals surface area contributed by atoms with Gasteiger partial charge in [-0.1, -0.05) is 18.2 Å². The fraction of sp³-hybridized carbons (Fsp3) is 0.300. The van der Waals surface area contributed by atoms with E-state index in [1.54, 1.807) is 18.2 Å². The molecule has 2 aromatic rings. The van der Waals surface area contributed by atoms with E-state index in [0.717, 1.165) is 11.3 Å². The average molecular weight is 357 g/mol. The predicted octanol–water partition coefficient (Wildman–Crippen LogP) is 3.43. The molecule has 1 atom stereocenters. The normalized spacial score (nSPS) is 11.7. The van der Waals surface area contributed by atoms with E-state index in [-0.39, 0.29) is 18.1 Å². The van der Waals surface area contributed by atoms with Gasteiger partial charge in [-0.05, 0) is 56.7 Å². The van der Waals surface area contributed by atoms with Gasteiger partial charge in [-0.2, -0.15) is 0 Å². The van der Waals surface area contributed by atoms with Crippen molar-refractivity contribution in [3.05, 3.63) is 59.7 Å². The third kappa shape index (κ3) is 5.81. The van der Waals surface area contributed by atoms with E-state index in [1.165, 1.54) is 6.07 Å². The van der Waals surface area contributed by atoms with Gasteiger partial charge in [-0.25, -0.2) is 4.79 Å². The highest BCUT2D eigenvalue weighted by Crippen LogP contribution is 2.20. The second-order valence-corrected chi connectivity index (χ2v) is 6.14. The van der Waals surface area contributed by atoms with Crippen LogP contribution in [0.2, 0.25) is 0 Å². The number of ether oxygens (including phenoxy) is 2. The standard InChI is InChI=1S/C20H23NO5/c1-13(2)26-17-9-7-15(8-10-17)14(3)21-20(24)16-5-4-6-18(11-16)25-12-19(22)23/h4-11,13-14H,12H2,1-3H3,(H,21,24)(H,22,23). The Morgan fingerprint density at radius 1 is 1.04 bits per heavy atom. The monoisotopic (exact) mass is 357 g/mol. The molecule has 0 aliphatic heterocycles. The smallest absolute Gasteiger partial charge is 0.341 e. The molecule has 0 aliphatic rings. The van der Waals surface area contributed by atoms with Crippen molar-refractivity contribution in [2.24, 2.45) is 0 Å². The lowest BCUT2D eigenvalue weighted by Gasteiger charge is -2.16. The van der Waals surface area contributed by atoms with E-state index in [4.69, 9.17) is 14.6 Å². The first-order valence-corrected chi connectivity index (χ1v) is 8.37. The first kappa shape index (κ1) is 19.3. The van der Waals surface area contributed by atoms with Crippen LogP contribution >= 0.6 is 0 Å². The number of carbonyl (C=O) groups is 2. The fourth-order valence-electron chi connectivity index (χ4n) is 2.34. The maximum atomic E-state index is 12.4. The van der Waals surface area contributed by atoms with Crippen molar-refractivity contribution in [1.82, 2.24) is 5.32 Å². The zero-order valence-corrected chi connectivity index (χ0v) is 15.1. The first-order valence-electron chi connectivity index (χ1n) is 8.37. The Bertz CT molecular complexity index is 755. The number of hydrogen-bond acceptors (Lipinski definition) is 4. The maximum absolute atomic E-state index is 12.4. The number of carbonyl (C=O) groups excluding carboxylic acids is 1. The van der Waals surface area contributed by atoms with E-state index in [0.29, 0.717) is 11.3 Å². The Labute approximate surface area is 152 Å².